The molecule has 0 aliphatic heterocycles. The second-order valence-corrected chi connectivity index (χ2v) is 4.13. The van der Waals surface area contributed by atoms with Gasteiger partial charge in [-0.25, -0.2) is 4.39 Å². The van der Waals surface area contributed by atoms with Crippen LogP contribution in [0.4, 0.5) is 17.6 Å². The molecule has 0 bridgehead atoms. The minimum Gasteiger partial charge on any atom is -0.395 e. The van der Waals surface area contributed by atoms with Gasteiger partial charge in [0.2, 0.25) is 0 Å². The van der Waals surface area contributed by atoms with E-state index in [4.69, 9.17) is 5.11 Å². The summed E-state index contributed by atoms with van der Waals surface area (Å²) in [4.78, 5) is 0. The Morgan fingerprint density at radius 3 is 2.31 bits per heavy atom. The van der Waals surface area contributed by atoms with Gasteiger partial charge in [-0.05, 0) is 30.5 Å². The van der Waals surface area contributed by atoms with Gasteiger partial charge < -0.3 is 5.11 Å². The topological polar surface area (TPSA) is 20.2 Å². The molecule has 0 amide bonds. The Morgan fingerprint density at radius 1 is 1.25 bits per heavy atom. The fourth-order valence-electron chi connectivity index (χ4n) is 1.88. The lowest BCUT2D eigenvalue weighted by Gasteiger charge is -2.19. The highest BCUT2D eigenvalue weighted by atomic mass is 19.4. The van der Waals surface area contributed by atoms with Crippen LogP contribution >= 0.6 is 0 Å². The summed E-state index contributed by atoms with van der Waals surface area (Å²) in [6, 6.07) is 2.62. The molecule has 5 heteroatoms. The van der Waals surface area contributed by atoms with Crippen LogP contribution in [0.2, 0.25) is 0 Å². The van der Waals surface area contributed by atoms with Crippen LogP contribution in [0.1, 0.15) is 24.0 Å². The van der Waals surface area contributed by atoms with Crippen LogP contribution < -0.4 is 0 Å². The molecule has 2 rings (SSSR count). The van der Waals surface area contributed by atoms with Crippen molar-refractivity contribution in [3.05, 3.63) is 35.1 Å². The van der Waals surface area contributed by atoms with Crippen molar-refractivity contribution in [2.75, 3.05) is 6.61 Å². The van der Waals surface area contributed by atoms with Gasteiger partial charge in [0.1, 0.15) is 5.82 Å². The average Bonchev–Trinajstić information content (AvgIpc) is 2.97. The molecular formula is C11H10F4O. The van der Waals surface area contributed by atoms with Crippen molar-refractivity contribution in [3.8, 4) is 0 Å². The zero-order valence-corrected chi connectivity index (χ0v) is 8.31. The molecule has 1 N–H and O–H groups in total. The van der Waals surface area contributed by atoms with Crippen molar-refractivity contribution in [1.82, 2.24) is 0 Å². The summed E-state index contributed by atoms with van der Waals surface area (Å²) in [6.45, 7) is -0.332. The van der Waals surface area contributed by atoms with E-state index in [0.717, 1.165) is 12.1 Å². The highest BCUT2D eigenvalue weighted by Crippen LogP contribution is 2.51. The summed E-state index contributed by atoms with van der Waals surface area (Å²) < 4.78 is 50.9. The van der Waals surface area contributed by atoms with E-state index in [9.17, 15) is 17.6 Å². The molecule has 0 atom stereocenters. The van der Waals surface area contributed by atoms with Crippen LogP contribution in [0.3, 0.4) is 0 Å². The van der Waals surface area contributed by atoms with Gasteiger partial charge in [0.15, 0.2) is 0 Å². The van der Waals surface area contributed by atoms with Crippen molar-refractivity contribution < 1.29 is 22.7 Å². The van der Waals surface area contributed by atoms with E-state index >= 15 is 0 Å². The molecule has 0 saturated heterocycles. The third-order valence-corrected chi connectivity index (χ3v) is 3.01. The zero-order chi connectivity index (χ0) is 12.0. The smallest absolute Gasteiger partial charge is 0.395 e. The quantitative estimate of drug-likeness (QED) is 0.780. The molecule has 0 spiro atoms. The van der Waals surface area contributed by atoms with E-state index in [1.807, 2.05) is 0 Å². The van der Waals surface area contributed by atoms with E-state index in [2.05, 4.69) is 0 Å². The molecule has 0 heterocycles. The van der Waals surface area contributed by atoms with Crippen LogP contribution in [0.5, 0.6) is 0 Å². The molecule has 0 aromatic heterocycles. The maximum absolute atomic E-state index is 12.8. The fraction of sp³-hybridized carbons (Fsp3) is 0.455. The molecule has 1 aromatic rings. The summed E-state index contributed by atoms with van der Waals surface area (Å²) >= 11 is 0. The SMILES string of the molecule is OCC1(c2ccc(F)cc2C(F)(F)F)CC1. The molecule has 1 aromatic carbocycles. The van der Waals surface area contributed by atoms with Gasteiger partial charge in [0.05, 0.1) is 12.2 Å². The van der Waals surface area contributed by atoms with Crippen LogP contribution in [0, 0.1) is 5.82 Å². The number of alkyl halides is 3. The van der Waals surface area contributed by atoms with Crippen molar-refractivity contribution in [2.45, 2.75) is 24.4 Å². The van der Waals surface area contributed by atoms with E-state index < -0.39 is 23.0 Å². The first-order valence-electron chi connectivity index (χ1n) is 4.87. The predicted molar refractivity (Wildman–Crippen MR) is 49.4 cm³/mol. The Kier molecular flexibility index (Phi) is 2.45. The van der Waals surface area contributed by atoms with Crippen molar-refractivity contribution in [2.24, 2.45) is 0 Å². The van der Waals surface area contributed by atoms with Gasteiger partial charge in [-0.3, -0.25) is 0 Å². The molecule has 0 radical (unpaired) electrons. The van der Waals surface area contributed by atoms with Gasteiger partial charge in [0, 0.05) is 5.41 Å². The molecular weight excluding hydrogens is 224 g/mol. The largest absolute Gasteiger partial charge is 0.416 e. The Morgan fingerprint density at radius 2 is 1.88 bits per heavy atom. The highest BCUT2D eigenvalue weighted by molar-refractivity contribution is 5.40. The monoisotopic (exact) mass is 234 g/mol. The standard InChI is InChI=1S/C11H10F4O/c12-7-1-2-8(10(6-16)3-4-10)9(5-7)11(13,14)15/h1-2,5,16H,3-4,6H2. The normalized spacial score (nSPS) is 18.6. The number of aliphatic hydroxyl groups excluding tert-OH is 1. The van der Waals surface area contributed by atoms with Crippen molar-refractivity contribution in [1.29, 1.82) is 0 Å². The molecule has 1 aliphatic rings. The van der Waals surface area contributed by atoms with E-state index in [1.54, 1.807) is 0 Å². The minimum absolute atomic E-state index is 0.00361. The molecule has 88 valence electrons. The van der Waals surface area contributed by atoms with Crippen LogP contribution in [0.25, 0.3) is 0 Å². The number of rotatable bonds is 2. The lowest BCUT2D eigenvalue weighted by molar-refractivity contribution is -0.138. The van der Waals surface area contributed by atoms with Crippen LogP contribution in [-0.4, -0.2) is 11.7 Å². The molecule has 1 aliphatic carbocycles. The average molecular weight is 234 g/mol. The molecule has 16 heavy (non-hydrogen) atoms. The van der Waals surface area contributed by atoms with Gasteiger partial charge in [-0.1, -0.05) is 6.07 Å². The van der Waals surface area contributed by atoms with E-state index in [-0.39, 0.29) is 12.2 Å². The van der Waals surface area contributed by atoms with Gasteiger partial charge in [-0.15, -0.1) is 0 Å². The molecule has 0 unspecified atom stereocenters. The Balaban J connectivity index is 2.53. The highest BCUT2D eigenvalue weighted by Gasteiger charge is 2.48. The maximum atomic E-state index is 12.8. The van der Waals surface area contributed by atoms with Gasteiger partial charge >= 0.3 is 6.18 Å². The number of benzene rings is 1. The molecule has 1 saturated carbocycles. The Hall–Kier alpha value is -1.10. The number of hydrogen-bond donors (Lipinski definition) is 1. The number of halogens is 4. The lowest BCUT2D eigenvalue weighted by Crippen LogP contribution is -2.19. The molecule has 1 fully saturated rings. The van der Waals surface area contributed by atoms with E-state index in [0.29, 0.717) is 18.9 Å². The second kappa shape index (κ2) is 3.45. The van der Waals surface area contributed by atoms with Crippen molar-refractivity contribution in [3.63, 3.8) is 0 Å². The summed E-state index contributed by atoms with van der Waals surface area (Å²) in [6.07, 6.45) is -3.56. The van der Waals surface area contributed by atoms with Gasteiger partial charge in [-0.2, -0.15) is 13.2 Å². The van der Waals surface area contributed by atoms with Crippen molar-refractivity contribution >= 4 is 0 Å². The summed E-state index contributed by atoms with van der Waals surface area (Å²) in [5.41, 5.74) is -1.78. The first kappa shape index (κ1) is 11.4. The summed E-state index contributed by atoms with van der Waals surface area (Å²) in [5, 5.41) is 9.11. The predicted octanol–water partition coefficient (Wildman–Crippen LogP) is 2.87. The Bertz CT molecular complexity index is 407. The fourth-order valence-corrected chi connectivity index (χ4v) is 1.88. The number of hydrogen-bond acceptors (Lipinski definition) is 1. The number of aliphatic hydroxyl groups is 1. The third-order valence-electron chi connectivity index (χ3n) is 3.01. The molecule has 1 nitrogen and oxygen atoms in total. The van der Waals surface area contributed by atoms with Gasteiger partial charge in [0.25, 0.3) is 0 Å². The third kappa shape index (κ3) is 1.80. The maximum Gasteiger partial charge on any atom is 0.416 e. The summed E-state index contributed by atoms with van der Waals surface area (Å²) in [7, 11) is 0. The van der Waals surface area contributed by atoms with E-state index in [1.165, 1.54) is 0 Å². The van der Waals surface area contributed by atoms with Crippen LogP contribution in [0.15, 0.2) is 18.2 Å². The second-order valence-electron chi connectivity index (χ2n) is 4.13. The van der Waals surface area contributed by atoms with Crippen LogP contribution in [-0.2, 0) is 11.6 Å². The minimum atomic E-state index is -4.58. The summed E-state index contributed by atoms with van der Waals surface area (Å²) in [5.74, 6) is -0.912. The zero-order valence-electron chi connectivity index (χ0n) is 8.31. The first-order valence-corrected chi connectivity index (χ1v) is 4.87. The first-order chi connectivity index (χ1) is 7.39. The Labute approximate surface area is 89.7 Å². The lowest BCUT2D eigenvalue weighted by atomic mass is 9.91.